The lowest BCUT2D eigenvalue weighted by Crippen LogP contribution is -2.11. The Kier molecular flexibility index (Phi) is 6.12. The van der Waals surface area contributed by atoms with Crippen molar-refractivity contribution in [3.05, 3.63) is 35.4 Å². The Labute approximate surface area is 122 Å². The van der Waals surface area contributed by atoms with Gasteiger partial charge in [0.1, 0.15) is 0 Å². The maximum atomic E-state index is 12.1. The molecule has 1 nitrogen and oxygen atoms in total. The first kappa shape index (κ1) is 16.3. The number of hydrogen-bond donors (Lipinski definition) is 0. The smallest absolute Gasteiger partial charge is 0.196 e. The van der Waals surface area contributed by atoms with E-state index in [9.17, 15) is 4.79 Å². The summed E-state index contributed by atoms with van der Waals surface area (Å²) in [6.07, 6.45) is 2.26. The molecule has 1 rings (SSSR count). The molecule has 0 amide bonds. The summed E-state index contributed by atoms with van der Waals surface area (Å²) in [5.41, 5.74) is 2.61. The molecule has 0 aliphatic heterocycles. The summed E-state index contributed by atoms with van der Waals surface area (Å²) in [7, 11) is 0. The Bertz CT molecular complexity index is 400. The second-order valence-corrected chi connectivity index (χ2v) is 7.21. The molecule has 1 atom stereocenters. The molecule has 0 N–H and O–H groups in total. The lowest BCUT2D eigenvalue weighted by atomic mass is 9.86. The van der Waals surface area contributed by atoms with Crippen LogP contribution in [0.5, 0.6) is 0 Å². The SMILES string of the molecule is CCCCSC(=O)C(C)c1ccc(C(C)(C)C)cc1. The van der Waals surface area contributed by atoms with Crippen LogP contribution in [0.15, 0.2) is 24.3 Å². The summed E-state index contributed by atoms with van der Waals surface area (Å²) in [4.78, 5) is 12.1. The third-order valence-corrected chi connectivity index (χ3v) is 4.50. The minimum Gasteiger partial charge on any atom is -0.287 e. The minimum absolute atomic E-state index is 0.00382. The van der Waals surface area contributed by atoms with Gasteiger partial charge >= 0.3 is 0 Å². The molecule has 0 bridgehead atoms. The van der Waals surface area contributed by atoms with Crippen molar-refractivity contribution in [3.8, 4) is 0 Å². The van der Waals surface area contributed by atoms with Crippen molar-refractivity contribution in [2.24, 2.45) is 0 Å². The van der Waals surface area contributed by atoms with E-state index in [1.165, 1.54) is 17.3 Å². The van der Waals surface area contributed by atoms with Gasteiger partial charge in [-0.3, -0.25) is 4.79 Å². The molecule has 2 heteroatoms. The number of benzene rings is 1. The van der Waals surface area contributed by atoms with Gasteiger partial charge in [-0.1, -0.05) is 77.1 Å². The van der Waals surface area contributed by atoms with E-state index >= 15 is 0 Å². The Morgan fingerprint density at radius 1 is 1.21 bits per heavy atom. The summed E-state index contributed by atoms with van der Waals surface area (Å²) in [5.74, 6) is 0.940. The first-order chi connectivity index (χ1) is 8.86. The largest absolute Gasteiger partial charge is 0.287 e. The number of hydrogen-bond acceptors (Lipinski definition) is 2. The summed E-state index contributed by atoms with van der Waals surface area (Å²) < 4.78 is 0. The van der Waals surface area contributed by atoms with Crippen LogP contribution in [0.1, 0.15) is 64.5 Å². The van der Waals surface area contributed by atoms with Crippen LogP contribution in [0.4, 0.5) is 0 Å². The Morgan fingerprint density at radius 3 is 2.26 bits per heavy atom. The van der Waals surface area contributed by atoms with E-state index in [4.69, 9.17) is 0 Å². The van der Waals surface area contributed by atoms with Crippen LogP contribution >= 0.6 is 11.8 Å². The second kappa shape index (κ2) is 7.14. The zero-order chi connectivity index (χ0) is 14.5. The summed E-state index contributed by atoms with van der Waals surface area (Å²) in [5, 5.41) is 0.289. The lowest BCUT2D eigenvalue weighted by Gasteiger charge is -2.20. The van der Waals surface area contributed by atoms with Gasteiger partial charge in [-0.25, -0.2) is 0 Å². The molecule has 0 saturated carbocycles. The topological polar surface area (TPSA) is 17.1 Å². The van der Waals surface area contributed by atoms with Crippen molar-refractivity contribution in [1.29, 1.82) is 0 Å². The standard InChI is InChI=1S/C17H26OS/c1-6-7-12-19-16(18)13(2)14-8-10-15(11-9-14)17(3,4)5/h8-11,13H,6-7,12H2,1-5H3. The number of carbonyl (C=O) groups is 1. The molecule has 0 aliphatic rings. The van der Waals surface area contributed by atoms with E-state index in [-0.39, 0.29) is 16.4 Å². The summed E-state index contributed by atoms with van der Waals surface area (Å²) in [6, 6.07) is 8.50. The summed E-state index contributed by atoms with van der Waals surface area (Å²) >= 11 is 1.47. The number of unbranched alkanes of at least 4 members (excludes halogenated alkanes) is 1. The normalized spacial score (nSPS) is 13.3. The zero-order valence-corrected chi connectivity index (χ0v) is 13.6. The number of rotatable bonds is 5. The second-order valence-electron chi connectivity index (χ2n) is 6.11. The van der Waals surface area contributed by atoms with Gasteiger partial charge in [0.15, 0.2) is 5.12 Å². The van der Waals surface area contributed by atoms with Crippen molar-refractivity contribution in [2.75, 3.05) is 5.75 Å². The molecule has 0 radical (unpaired) electrons. The Morgan fingerprint density at radius 2 is 1.79 bits per heavy atom. The fraction of sp³-hybridized carbons (Fsp3) is 0.588. The molecule has 19 heavy (non-hydrogen) atoms. The van der Waals surface area contributed by atoms with Crippen LogP contribution in [-0.2, 0) is 10.2 Å². The molecule has 0 aromatic heterocycles. The molecule has 0 spiro atoms. The predicted molar refractivity (Wildman–Crippen MR) is 85.9 cm³/mol. The van der Waals surface area contributed by atoms with Gasteiger partial charge in [0.2, 0.25) is 0 Å². The van der Waals surface area contributed by atoms with Gasteiger partial charge < -0.3 is 0 Å². The molecule has 0 heterocycles. The summed E-state index contributed by atoms with van der Waals surface area (Å²) in [6.45, 7) is 10.8. The zero-order valence-electron chi connectivity index (χ0n) is 12.8. The van der Waals surface area contributed by atoms with Crippen LogP contribution in [0.2, 0.25) is 0 Å². The molecular formula is C17H26OS. The molecular weight excluding hydrogens is 252 g/mol. The van der Waals surface area contributed by atoms with E-state index in [1.54, 1.807) is 0 Å². The monoisotopic (exact) mass is 278 g/mol. The quantitative estimate of drug-likeness (QED) is 0.693. The first-order valence-corrected chi connectivity index (χ1v) is 8.12. The van der Waals surface area contributed by atoms with Crippen molar-refractivity contribution in [1.82, 2.24) is 0 Å². The van der Waals surface area contributed by atoms with E-state index < -0.39 is 0 Å². The van der Waals surface area contributed by atoms with Crippen molar-refractivity contribution >= 4 is 16.9 Å². The predicted octanol–water partition coefficient (Wildman–Crippen LogP) is 5.15. The van der Waals surface area contributed by atoms with Gasteiger partial charge in [0, 0.05) is 5.75 Å². The highest BCUT2D eigenvalue weighted by Crippen LogP contribution is 2.27. The van der Waals surface area contributed by atoms with Crippen molar-refractivity contribution in [3.63, 3.8) is 0 Å². The average molecular weight is 278 g/mol. The van der Waals surface area contributed by atoms with E-state index in [0.29, 0.717) is 0 Å². The van der Waals surface area contributed by atoms with Crippen molar-refractivity contribution in [2.45, 2.75) is 58.8 Å². The third-order valence-electron chi connectivity index (χ3n) is 3.37. The first-order valence-electron chi connectivity index (χ1n) is 7.13. The van der Waals surface area contributed by atoms with Crippen LogP contribution in [0, 0.1) is 0 Å². The van der Waals surface area contributed by atoms with E-state index in [0.717, 1.165) is 24.2 Å². The minimum atomic E-state index is -0.00382. The number of thioether (sulfide) groups is 1. The number of carbonyl (C=O) groups excluding carboxylic acids is 1. The fourth-order valence-corrected chi connectivity index (χ4v) is 2.87. The lowest BCUT2D eigenvalue weighted by molar-refractivity contribution is -0.111. The van der Waals surface area contributed by atoms with Crippen LogP contribution < -0.4 is 0 Å². The highest BCUT2D eigenvalue weighted by Gasteiger charge is 2.17. The molecule has 0 saturated heterocycles. The van der Waals surface area contributed by atoms with Gasteiger partial charge in [-0.2, -0.15) is 0 Å². The molecule has 0 aliphatic carbocycles. The maximum absolute atomic E-state index is 12.1. The van der Waals surface area contributed by atoms with Crippen LogP contribution in [-0.4, -0.2) is 10.9 Å². The van der Waals surface area contributed by atoms with Crippen LogP contribution in [0.3, 0.4) is 0 Å². The Balaban J connectivity index is 2.67. The molecule has 0 fully saturated rings. The van der Waals surface area contributed by atoms with Crippen molar-refractivity contribution < 1.29 is 4.79 Å². The van der Waals surface area contributed by atoms with Crippen LogP contribution in [0.25, 0.3) is 0 Å². The highest BCUT2D eigenvalue weighted by atomic mass is 32.2. The van der Waals surface area contributed by atoms with Gasteiger partial charge in [-0.15, -0.1) is 0 Å². The average Bonchev–Trinajstić information content (AvgIpc) is 2.37. The molecule has 106 valence electrons. The molecule has 1 unspecified atom stereocenters. The van der Waals surface area contributed by atoms with Gasteiger partial charge in [-0.05, 0) is 23.0 Å². The molecule has 1 aromatic carbocycles. The Hall–Kier alpha value is -0.760. The van der Waals surface area contributed by atoms with Gasteiger partial charge in [0.05, 0.1) is 5.92 Å². The van der Waals surface area contributed by atoms with E-state index in [1.807, 2.05) is 6.92 Å². The van der Waals surface area contributed by atoms with E-state index in [2.05, 4.69) is 52.0 Å². The van der Waals surface area contributed by atoms with Gasteiger partial charge in [0.25, 0.3) is 0 Å². The maximum Gasteiger partial charge on any atom is 0.196 e. The third kappa shape index (κ3) is 5.02. The fourth-order valence-electron chi connectivity index (χ4n) is 1.85. The molecule has 1 aromatic rings. The highest BCUT2D eigenvalue weighted by molar-refractivity contribution is 8.13.